The number of likely N-dealkylation sites (tertiary alicyclic amines) is 3. The SMILES string of the molecule is CCN1CCCC(N2CCCC(CN3CCCC3)C2)C1. The first-order valence-electron chi connectivity index (χ1n) is 9.04. The minimum Gasteiger partial charge on any atom is -0.303 e. The summed E-state index contributed by atoms with van der Waals surface area (Å²) in [5.41, 5.74) is 0. The van der Waals surface area contributed by atoms with Crippen molar-refractivity contribution in [1.82, 2.24) is 14.7 Å². The number of hydrogen-bond donors (Lipinski definition) is 0. The first-order valence-corrected chi connectivity index (χ1v) is 9.04. The van der Waals surface area contributed by atoms with Crippen LogP contribution in [0.1, 0.15) is 45.4 Å². The Bertz CT molecular complexity index is 288. The largest absolute Gasteiger partial charge is 0.303 e. The molecule has 0 aromatic carbocycles. The highest BCUT2D eigenvalue weighted by Crippen LogP contribution is 2.24. The van der Waals surface area contributed by atoms with E-state index in [2.05, 4.69) is 21.6 Å². The highest BCUT2D eigenvalue weighted by Gasteiger charge is 2.29. The summed E-state index contributed by atoms with van der Waals surface area (Å²) in [5, 5.41) is 0. The van der Waals surface area contributed by atoms with Gasteiger partial charge in [-0.2, -0.15) is 0 Å². The standard InChI is InChI=1S/C17H33N3/c1-2-18-11-6-8-17(15-18)20-12-5-7-16(14-20)13-19-9-3-4-10-19/h16-17H,2-15H2,1H3. The van der Waals surface area contributed by atoms with Crippen LogP contribution in [0, 0.1) is 5.92 Å². The van der Waals surface area contributed by atoms with Crippen molar-refractivity contribution in [3.05, 3.63) is 0 Å². The first-order chi connectivity index (χ1) is 9.85. The van der Waals surface area contributed by atoms with Gasteiger partial charge in [-0.1, -0.05) is 6.92 Å². The lowest BCUT2D eigenvalue weighted by atomic mass is 9.94. The highest BCUT2D eigenvalue weighted by atomic mass is 15.2. The van der Waals surface area contributed by atoms with Crippen molar-refractivity contribution in [3.8, 4) is 0 Å². The Morgan fingerprint density at radius 3 is 2.35 bits per heavy atom. The molecule has 20 heavy (non-hydrogen) atoms. The molecule has 3 aliphatic heterocycles. The molecule has 3 nitrogen and oxygen atoms in total. The molecule has 3 fully saturated rings. The Morgan fingerprint density at radius 1 is 0.800 bits per heavy atom. The fourth-order valence-electron chi connectivity index (χ4n) is 4.52. The van der Waals surface area contributed by atoms with Crippen molar-refractivity contribution in [3.63, 3.8) is 0 Å². The highest BCUT2D eigenvalue weighted by molar-refractivity contribution is 4.85. The molecule has 3 heterocycles. The van der Waals surface area contributed by atoms with Crippen LogP contribution in [0.2, 0.25) is 0 Å². The van der Waals surface area contributed by atoms with Crippen molar-refractivity contribution >= 4 is 0 Å². The molecule has 0 aromatic heterocycles. The molecule has 2 unspecified atom stereocenters. The molecule has 0 amide bonds. The van der Waals surface area contributed by atoms with Crippen LogP contribution in [0.25, 0.3) is 0 Å². The van der Waals surface area contributed by atoms with Crippen LogP contribution < -0.4 is 0 Å². The molecule has 0 bridgehead atoms. The maximum Gasteiger partial charge on any atom is 0.0223 e. The van der Waals surface area contributed by atoms with Gasteiger partial charge in [-0.3, -0.25) is 4.90 Å². The molecule has 2 atom stereocenters. The predicted molar refractivity (Wildman–Crippen MR) is 85.1 cm³/mol. The molecule has 0 aliphatic carbocycles. The van der Waals surface area contributed by atoms with E-state index in [4.69, 9.17) is 0 Å². The summed E-state index contributed by atoms with van der Waals surface area (Å²) in [7, 11) is 0. The van der Waals surface area contributed by atoms with Gasteiger partial charge in [0, 0.05) is 25.7 Å². The van der Waals surface area contributed by atoms with Crippen LogP contribution in [0.15, 0.2) is 0 Å². The number of nitrogens with zero attached hydrogens (tertiary/aromatic N) is 3. The zero-order valence-electron chi connectivity index (χ0n) is 13.4. The molecular formula is C17H33N3. The second-order valence-electron chi connectivity index (χ2n) is 7.20. The van der Waals surface area contributed by atoms with E-state index in [1.54, 1.807) is 0 Å². The van der Waals surface area contributed by atoms with Gasteiger partial charge in [-0.05, 0) is 77.2 Å². The van der Waals surface area contributed by atoms with E-state index in [9.17, 15) is 0 Å². The predicted octanol–water partition coefficient (Wildman–Crippen LogP) is 2.28. The van der Waals surface area contributed by atoms with Crippen LogP contribution >= 0.6 is 0 Å². The van der Waals surface area contributed by atoms with Gasteiger partial charge >= 0.3 is 0 Å². The Hall–Kier alpha value is -0.120. The Kier molecular flexibility index (Phi) is 5.36. The quantitative estimate of drug-likeness (QED) is 0.782. The number of piperidine rings is 2. The number of likely N-dealkylation sites (N-methyl/N-ethyl adjacent to an activating group) is 1. The zero-order chi connectivity index (χ0) is 13.8. The lowest BCUT2D eigenvalue weighted by molar-refractivity contribution is 0.0570. The fourth-order valence-corrected chi connectivity index (χ4v) is 4.52. The van der Waals surface area contributed by atoms with Crippen molar-refractivity contribution in [2.24, 2.45) is 5.92 Å². The summed E-state index contributed by atoms with van der Waals surface area (Å²) in [5.74, 6) is 0.943. The normalized spacial score (nSPS) is 34.6. The molecule has 116 valence electrons. The summed E-state index contributed by atoms with van der Waals surface area (Å²) in [6, 6.07) is 0.852. The molecule has 3 saturated heterocycles. The van der Waals surface area contributed by atoms with E-state index in [0.717, 1.165) is 12.0 Å². The molecule has 0 N–H and O–H groups in total. The Morgan fingerprint density at radius 2 is 1.55 bits per heavy atom. The number of rotatable bonds is 4. The van der Waals surface area contributed by atoms with Gasteiger partial charge in [0.05, 0.1) is 0 Å². The third kappa shape index (κ3) is 3.75. The molecule has 3 heteroatoms. The van der Waals surface area contributed by atoms with Gasteiger partial charge < -0.3 is 9.80 Å². The van der Waals surface area contributed by atoms with Gasteiger partial charge in [0.25, 0.3) is 0 Å². The lowest BCUT2D eigenvalue weighted by Gasteiger charge is -2.43. The van der Waals surface area contributed by atoms with E-state index >= 15 is 0 Å². The van der Waals surface area contributed by atoms with E-state index in [-0.39, 0.29) is 0 Å². The molecule has 3 rings (SSSR count). The fraction of sp³-hybridized carbons (Fsp3) is 1.00. The van der Waals surface area contributed by atoms with Gasteiger partial charge in [0.15, 0.2) is 0 Å². The molecule has 3 aliphatic rings. The van der Waals surface area contributed by atoms with Gasteiger partial charge in [-0.15, -0.1) is 0 Å². The molecule has 0 saturated carbocycles. The van der Waals surface area contributed by atoms with E-state index in [1.807, 2.05) is 0 Å². The summed E-state index contributed by atoms with van der Waals surface area (Å²) < 4.78 is 0. The minimum atomic E-state index is 0.852. The third-order valence-electron chi connectivity index (χ3n) is 5.71. The van der Waals surface area contributed by atoms with Crippen LogP contribution in [-0.2, 0) is 0 Å². The maximum absolute atomic E-state index is 2.84. The van der Waals surface area contributed by atoms with Crippen LogP contribution in [-0.4, -0.2) is 73.1 Å². The summed E-state index contributed by atoms with van der Waals surface area (Å²) >= 11 is 0. The van der Waals surface area contributed by atoms with E-state index < -0.39 is 0 Å². The average molecular weight is 279 g/mol. The second kappa shape index (κ2) is 7.24. The van der Waals surface area contributed by atoms with Crippen LogP contribution in [0.5, 0.6) is 0 Å². The maximum atomic E-state index is 2.84. The Balaban J connectivity index is 1.49. The third-order valence-corrected chi connectivity index (χ3v) is 5.71. The van der Waals surface area contributed by atoms with Crippen LogP contribution in [0.4, 0.5) is 0 Å². The minimum absolute atomic E-state index is 0.852. The van der Waals surface area contributed by atoms with E-state index in [1.165, 1.54) is 90.9 Å². The summed E-state index contributed by atoms with van der Waals surface area (Å²) in [4.78, 5) is 8.21. The van der Waals surface area contributed by atoms with Crippen molar-refractivity contribution < 1.29 is 0 Å². The molecule has 0 radical (unpaired) electrons. The average Bonchev–Trinajstić information content (AvgIpc) is 3.00. The van der Waals surface area contributed by atoms with Crippen molar-refractivity contribution in [2.75, 3.05) is 52.4 Å². The molecular weight excluding hydrogens is 246 g/mol. The first kappa shape index (κ1) is 14.8. The van der Waals surface area contributed by atoms with Gasteiger partial charge in [0.2, 0.25) is 0 Å². The van der Waals surface area contributed by atoms with Crippen molar-refractivity contribution in [1.29, 1.82) is 0 Å². The lowest BCUT2D eigenvalue weighted by Crippen LogP contribution is -2.52. The zero-order valence-corrected chi connectivity index (χ0v) is 13.4. The molecule has 0 spiro atoms. The Labute approximate surface area is 125 Å². The van der Waals surface area contributed by atoms with Gasteiger partial charge in [0.1, 0.15) is 0 Å². The molecule has 0 aromatic rings. The topological polar surface area (TPSA) is 9.72 Å². The van der Waals surface area contributed by atoms with Crippen LogP contribution in [0.3, 0.4) is 0 Å². The smallest absolute Gasteiger partial charge is 0.0223 e. The number of hydrogen-bond acceptors (Lipinski definition) is 3. The second-order valence-corrected chi connectivity index (χ2v) is 7.20. The summed E-state index contributed by atoms with van der Waals surface area (Å²) in [6.45, 7) is 13.0. The van der Waals surface area contributed by atoms with E-state index in [0.29, 0.717) is 0 Å². The van der Waals surface area contributed by atoms with Crippen molar-refractivity contribution in [2.45, 2.75) is 51.5 Å². The summed E-state index contributed by atoms with van der Waals surface area (Å²) in [6.07, 6.45) is 8.62. The van der Waals surface area contributed by atoms with Gasteiger partial charge in [-0.25, -0.2) is 0 Å². The monoisotopic (exact) mass is 279 g/mol.